The summed E-state index contributed by atoms with van der Waals surface area (Å²) in [4.78, 5) is 21.8. The fourth-order valence-corrected chi connectivity index (χ4v) is 1.71. The van der Waals surface area contributed by atoms with Crippen LogP contribution in [0, 0.1) is 10.1 Å². The van der Waals surface area contributed by atoms with E-state index in [4.69, 9.17) is 4.74 Å². The lowest BCUT2D eigenvalue weighted by Gasteiger charge is -2.32. The zero-order valence-corrected chi connectivity index (χ0v) is 9.38. The van der Waals surface area contributed by atoms with Crippen LogP contribution in [-0.2, 0) is 4.79 Å². The molecule has 0 saturated heterocycles. The average molecular weight is 275 g/mol. The van der Waals surface area contributed by atoms with Crippen LogP contribution < -0.4 is 9.64 Å². The molecule has 0 bridgehead atoms. The van der Waals surface area contributed by atoms with Gasteiger partial charge in [0.15, 0.2) is 6.61 Å². The molecule has 0 saturated carbocycles. The van der Waals surface area contributed by atoms with Gasteiger partial charge in [-0.2, -0.15) is 0 Å². The highest BCUT2D eigenvalue weighted by Crippen LogP contribution is 2.36. The lowest BCUT2D eigenvalue weighted by atomic mass is 9.90. The lowest BCUT2D eigenvalue weighted by molar-refractivity contribution is -0.384. The number of ether oxygens (including phenoxy) is 1. The Hall–Kier alpha value is -2.26. The van der Waals surface area contributed by atoms with Gasteiger partial charge in [0.25, 0.3) is 11.6 Å². The molecule has 0 aromatic heterocycles. The molecule has 0 fully saturated rings. The Labute approximate surface area is 105 Å². The number of nitro benzene ring substituents is 1. The van der Waals surface area contributed by atoms with E-state index in [0.717, 1.165) is 12.1 Å². The van der Waals surface area contributed by atoms with E-state index in [-0.39, 0.29) is 11.4 Å². The van der Waals surface area contributed by atoms with Gasteiger partial charge in [-0.05, 0) is 12.5 Å². The molecule has 0 unspecified atom stereocenters. The summed E-state index contributed by atoms with van der Waals surface area (Å²) >= 11 is 0. The van der Waals surface area contributed by atoms with Crippen molar-refractivity contribution in [1.82, 2.24) is 0 Å². The third-order valence-electron chi connectivity index (χ3n) is 2.49. The quantitative estimate of drug-likeness (QED) is 0.478. The second-order valence-electron chi connectivity index (χ2n) is 3.91. The van der Waals surface area contributed by atoms with E-state index >= 15 is 0 Å². The summed E-state index contributed by atoms with van der Waals surface area (Å²) in [6.07, 6.45) is -1.45. The number of anilines is 1. The number of halogens is 3. The van der Waals surface area contributed by atoms with Crippen LogP contribution in [0.25, 0.3) is 0 Å². The molecule has 10 heteroatoms. The van der Waals surface area contributed by atoms with Crippen molar-refractivity contribution in [3.8, 4) is 5.75 Å². The van der Waals surface area contributed by atoms with Crippen LogP contribution >= 0.6 is 0 Å². The summed E-state index contributed by atoms with van der Waals surface area (Å²) in [5, 5.41) is 10.6. The van der Waals surface area contributed by atoms with Gasteiger partial charge in [-0.1, -0.05) is 0 Å². The number of nitrogens with zero attached hydrogens (tertiary/aromatic N) is 2. The van der Waals surface area contributed by atoms with Gasteiger partial charge in [0.1, 0.15) is 5.75 Å². The molecule has 1 aromatic carbocycles. The third kappa shape index (κ3) is 2.77. The number of amides is 1. The standard InChI is InChI=1S/C9H7BF3N2O4/c11-10(12,13)5-14-7-3-6(15(17)18)1-2-8(7)19-4-9(14)16/h1-3H,4-5H2/q-1. The number of hydrogen-bond donors (Lipinski definition) is 0. The van der Waals surface area contributed by atoms with Crippen LogP contribution in [0.15, 0.2) is 18.2 Å². The van der Waals surface area contributed by atoms with E-state index in [1.807, 2.05) is 0 Å². The first-order valence-electron chi connectivity index (χ1n) is 5.20. The minimum absolute atomic E-state index is 0.0188. The van der Waals surface area contributed by atoms with E-state index in [2.05, 4.69) is 0 Å². The first-order chi connectivity index (χ1) is 8.78. The number of carbonyl (C=O) groups is 1. The predicted molar refractivity (Wildman–Crippen MR) is 60.0 cm³/mol. The second-order valence-corrected chi connectivity index (χ2v) is 3.91. The summed E-state index contributed by atoms with van der Waals surface area (Å²) in [6, 6.07) is 3.18. The first kappa shape index (κ1) is 13.2. The van der Waals surface area contributed by atoms with Gasteiger partial charge >= 0.3 is 6.98 Å². The number of fused-ring (bicyclic) bond motifs is 1. The Morgan fingerprint density at radius 2 is 2.11 bits per heavy atom. The lowest BCUT2D eigenvalue weighted by Crippen LogP contribution is -2.46. The summed E-state index contributed by atoms with van der Waals surface area (Å²) in [6.45, 7) is -5.76. The van der Waals surface area contributed by atoms with Gasteiger partial charge in [0, 0.05) is 12.1 Å². The van der Waals surface area contributed by atoms with Crippen molar-refractivity contribution in [1.29, 1.82) is 0 Å². The van der Waals surface area contributed by atoms with E-state index in [0.29, 0.717) is 4.90 Å². The zero-order chi connectivity index (χ0) is 14.2. The van der Waals surface area contributed by atoms with Crippen molar-refractivity contribution in [3.05, 3.63) is 28.3 Å². The SMILES string of the molecule is O=C1COc2ccc([N+](=O)[O-])cc2N1C[B-](F)(F)F. The van der Waals surface area contributed by atoms with E-state index in [1.54, 1.807) is 0 Å². The van der Waals surface area contributed by atoms with Crippen LogP contribution in [0.5, 0.6) is 5.75 Å². The molecule has 19 heavy (non-hydrogen) atoms. The van der Waals surface area contributed by atoms with Crippen molar-refractivity contribution >= 4 is 24.3 Å². The van der Waals surface area contributed by atoms with Gasteiger partial charge in [0.2, 0.25) is 0 Å². The van der Waals surface area contributed by atoms with Crippen LogP contribution in [0.4, 0.5) is 24.3 Å². The highest BCUT2D eigenvalue weighted by Gasteiger charge is 2.34. The zero-order valence-electron chi connectivity index (χ0n) is 9.38. The second kappa shape index (κ2) is 4.45. The number of hydrogen-bond acceptors (Lipinski definition) is 4. The maximum absolute atomic E-state index is 12.5. The largest absolute Gasteiger partial charge is 0.497 e. The normalized spacial score (nSPS) is 14.9. The molecule has 0 N–H and O–H groups in total. The number of nitro groups is 1. The molecule has 1 amide bonds. The average Bonchev–Trinajstić information content (AvgIpc) is 2.31. The minimum Gasteiger partial charge on any atom is -0.482 e. The van der Waals surface area contributed by atoms with Crippen LogP contribution in [0.1, 0.15) is 0 Å². The number of carbonyl (C=O) groups excluding carboxylic acids is 1. The maximum Gasteiger partial charge on any atom is 0.497 e. The van der Waals surface area contributed by atoms with E-state index in [1.165, 1.54) is 6.07 Å². The number of non-ortho nitro benzene ring substituents is 1. The molecule has 1 aliphatic rings. The molecule has 102 valence electrons. The van der Waals surface area contributed by atoms with Crippen molar-refractivity contribution in [2.75, 3.05) is 18.0 Å². The Bertz CT molecular complexity index is 549. The van der Waals surface area contributed by atoms with Crippen LogP contribution in [0.3, 0.4) is 0 Å². The molecule has 0 aliphatic carbocycles. The molecule has 6 nitrogen and oxygen atoms in total. The summed E-state index contributed by atoms with van der Waals surface area (Å²) in [7, 11) is 0. The smallest absolute Gasteiger partial charge is 0.482 e. The molecule has 1 heterocycles. The van der Waals surface area contributed by atoms with Gasteiger partial charge in [0.05, 0.1) is 10.6 Å². The van der Waals surface area contributed by atoms with Crippen LogP contribution in [0.2, 0.25) is 0 Å². The monoisotopic (exact) mass is 275 g/mol. The number of rotatable bonds is 3. The topological polar surface area (TPSA) is 72.7 Å². The maximum atomic E-state index is 12.5. The highest BCUT2D eigenvalue weighted by atomic mass is 19.4. The molecule has 1 aromatic rings. The van der Waals surface area contributed by atoms with Gasteiger partial charge in [-0.25, -0.2) is 0 Å². The molecule has 0 spiro atoms. The predicted octanol–water partition coefficient (Wildman–Crippen LogP) is 1.71. The first-order valence-corrected chi connectivity index (χ1v) is 5.20. The van der Waals surface area contributed by atoms with Crippen molar-refractivity contribution in [2.45, 2.75) is 0 Å². The number of benzene rings is 1. The summed E-state index contributed by atoms with van der Waals surface area (Å²) in [5.74, 6) is -0.863. The van der Waals surface area contributed by atoms with Crippen molar-refractivity contribution < 1.29 is 27.4 Å². The van der Waals surface area contributed by atoms with Crippen molar-refractivity contribution in [3.63, 3.8) is 0 Å². The van der Waals surface area contributed by atoms with E-state index < -0.39 is 36.5 Å². The van der Waals surface area contributed by atoms with E-state index in [9.17, 15) is 27.9 Å². The molecule has 0 radical (unpaired) electrons. The molecule has 0 atom stereocenters. The molecule has 2 rings (SSSR count). The summed E-state index contributed by atoms with van der Waals surface area (Å²) in [5.41, 5.74) is -0.638. The molecular weight excluding hydrogens is 268 g/mol. The Morgan fingerprint density at radius 1 is 1.42 bits per heavy atom. The Kier molecular flexibility index (Phi) is 3.09. The fourth-order valence-electron chi connectivity index (χ4n) is 1.71. The van der Waals surface area contributed by atoms with Gasteiger partial charge in [-0.3, -0.25) is 14.9 Å². The summed E-state index contributed by atoms with van der Waals surface area (Å²) < 4.78 is 42.3. The van der Waals surface area contributed by atoms with Crippen molar-refractivity contribution in [2.24, 2.45) is 0 Å². The fraction of sp³-hybridized carbons (Fsp3) is 0.222. The third-order valence-corrected chi connectivity index (χ3v) is 2.49. The Morgan fingerprint density at radius 3 is 2.68 bits per heavy atom. The minimum atomic E-state index is -5.24. The molecular formula is C9H7BF3N2O4-. The molecule has 1 aliphatic heterocycles. The van der Waals surface area contributed by atoms with Crippen LogP contribution in [-0.4, -0.2) is 30.9 Å². The van der Waals surface area contributed by atoms with Gasteiger partial charge < -0.3 is 22.6 Å². The highest BCUT2D eigenvalue weighted by molar-refractivity contribution is 6.59. The Balaban J connectivity index is 2.44. The van der Waals surface area contributed by atoms with Gasteiger partial charge in [-0.15, -0.1) is 0 Å².